The third-order valence-corrected chi connectivity index (χ3v) is 5.35. The number of amides is 1. The number of hydrogen-bond acceptors (Lipinski definition) is 3. The fraction of sp³-hybridized carbons (Fsp3) is 0.696. The Hall–Kier alpha value is -1.55. The van der Waals surface area contributed by atoms with E-state index in [0.717, 1.165) is 30.8 Å². The summed E-state index contributed by atoms with van der Waals surface area (Å²) in [4.78, 5) is 17.6. The largest absolute Gasteiger partial charge is 0.494 e. The number of carbonyl (C=O) groups excluding carboxylic acids is 1. The molecule has 152 valence electrons. The van der Waals surface area contributed by atoms with E-state index >= 15 is 0 Å². The zero-order valence-electron chi connectivity index (χ0n) is 18.0. The number of piperidine rings is 1. The minimum absolute atomic E-state index is 0.225. The van der Waals surface area contributed by atoms with Crippen LogP contribution in [-0.2, 0) is 11.3 Å². The van der Waals surface area contributed by atoms with E-state index in [1.54, 1.807) is 0 Å². The number of benzene rings is 1. The Labute approximate surface area is 165 Å². The van der Waals surface area contributed by atoms with Crippen LogP contribution in [0.25, 0.3) is 0 Å². The van der Waals surface area contributed by atoms with Crippen molar-refractivity contribution in [3.05, 3.63) is 29.8 Å². The summed E-state index contributed by atoms with van der Waals surface area (Å²) in [6, 6.07) is 8.81. The first-order chi connectivity index (χ1) is 12.8. The van der Waals surface area contributed by atoms with Crippen molar-refractivity contribution in [3.63, 3.8) is 0 Å². The summed E-state index contributed by atoms with van der Waals surface area (Å²) in [6.45, 7) is 14.8. The van der Waals surface area contributed by atoms with E-state index in [-0.39, 0.29) is 11.3 Å². The van der Waals surface area contributed by atoms with Gasteiger partial charge in [0.1, 0.15) is 5.75 Å². The average Bonchev–Trinajstić information content (AvgIpc) is 2.63. The van der Waals surface area contributed by atoms with Crippen LogP contribution in [-0.4, -0.2) is 48.0 Å². The van der Waals surface area contributed by atoms with Crippen LogP contribution in [0, 0.1) is 5.41 Å². The van der Waals surface area contributed by atoms with Gasteiger partial charge in [-0.2, -0.15) is 0 Å². The van der Waals surface area contributed by atoms with Gasteiger partial charge in [0.15, 0.2) is 0 Å². The van der Waals surface area contributed by atoms with Crippen molar-refractivity contribution < 1.29 is 9.53 Å². The lowest BCUT2D eigenvalue weighted by molar-refractivity contribution is -0.140. The van der Waals surface area contributed by atoms with Crippen LogP contribution in [0.3, 0.4) is 0 Å². The van der Waals surface area contributed by atoms with E-state index in [0.29, 0.717) is 19.2 Å². The van der Waals surface area contributed by atoms with Gasteiger partial charge < -0.3 is 14.5 Å². The van der Waals surface area contributed by atoms with Crippen molar-refractivity contribution >= 4 is 5.91 Å². The normalized spacial score (nSPS) is 18.3. The molecule has 1 aromatic rings. The minimum atomic E-state index is -0.357. The van der Waals surface area contributed by atoms with E-state index in [1.165, 1.54) is 25.8 Å². The molecule has 1 aliphatic rings. The molecule has 0 bridgehead atoms. The molecule has 2 rings (SSSR count). The molecule has 0 N–H and O–H groups in total. The van der Waals surface area contributed by atoms with Gasteiger partial charge >= 0.3 is 0 Å². The fourth-order valence-electron chi connectivity index (χ4n) is 3.76. The third kappa shape index (κ3) is 6.84. The lowest BCUT2D eigenvalue weighted by Crippen LogP contribution is -2.42. The van der Waals surface area contributed by atoms with Gasteiger partial charge in [0, 0.05) is 31.1 Å². The van der Waals surface area contributed by atoms with Gasteiger partial charge in [-0.3, -0.25) is 4.79 Å². The second kappa shape index (κ2) is 10.1. The van der Waals surface area contributed by atoms with Crippen LogP contribution in [0.1, 0.15) is 65.9 Å². The smallest absolute Gasteiger partial charge is 0.228 e. The first kappa shape index (κ1) is 21.7. The lowest BCUT2D eigenvalue weighted by Gasteiger charge is -2.35. The van der Waals surface area contributed by atoms with Gasteiger partial charge in [-0.25, -0.2) is 0 Å². The maximum Gasteiger partial charge on any atom is 0.228 e. The Morgan fingerprint density at radius 1 is 1.22 bits per heavy atom. The van der Waals surface area contributed by atoms with Crippen molar-refractivity contribution in [2.45, 2.75) is 72.9 Å². The van der Waals surface area contributed by atoms with Gasteiger partial charge in [0.2, 0.25) is 5.91 Å². The van der Waals surface area contributed by atoms with Crippen LogP contribution in [0.5, 0.6) is 5.75 Å². The van der Waals surface area contributed by atoms with Crippen molar-refractivity contribution in [3.8, 4) is 5.75 Å². The highest BCUT2D eigenvalue weighted by molar-refractivity contribution is 5.81. The molecule has 0 spiro atoms. The summed E-state index contributed by atoms with van der Waals surface area (Å²) in [5.41, 5.74) is 0.798. The lowest BCUT2D eigenvalue weighted by atomic mass is 9.94. The number of nitrogens with zero attached hydrogens (tertiary/aromatic N) is 2. The molecule has 1 atom stereocenters. The fourth-order valence-corrected chi connectivity index (χ4v) is 3.76. The molecule has 0 aliphatic carbocycles. The summed E-state index contributed by atoms with van der Waals surface area (Å²) in [7, 11) is 0. The van der Waals surface area contributed by atoms with Gasteiger partial charge in [-0.1, -0.05) is 39.3 Å². The van der Waals surface area contributed by atoms with E-state index in [9.17, 15) is 4.79 Å². The number of ether oxygens (including phenoxy) is 1. The van der Waals surface area contributed by atoms with Crippen molar-refractivity contribution in [1.29, 1.82) is 0 Å². The van der Waals surface area contributed by atoms with Crippen LogP contribution in [0.2, 0.25) is 0 Å². The Bertz CT molecular complexity index is 577. The first-order valence-corrected chi connectivity index (χ1v) is 10.6. The van der Waals surface area contributed by atoms with Crippen LogP contribution < -0.4 is 4.74 Å². The number of likely N-dealkylation sites (tertiary alicyclic amines) is 1. The highest BCUT2D eigenvalue weighted by Gasteiger charge is 2.27. The van der Waals surface area contributed by atoms with Gasteiger partial charge in [0.25, 0.3) is 0 Å². The van der Waals surface area contributed by atoms with Gasteiger partial charge in [-0.15, -0.1) is 0 Å². The molecule has 1 fully saturated rings. The van der Waals surface area contributed by atoms with Crippen LogP contribution >= 0.6 is 0 Å². The van der Waals surface area contributed by atoms with E-state index < -0.39 is 0 Å². The number of carbonyl (C=O) groups is 1. The molecule has 27 heavy (non-hydrogen) atoms. The summed E-state index contributed by atoms with van der Waals surface area (Å²) < 4.78 is 5.52. The number of rotatable bonds is 8. The minimum Gasteiger partial charge on any atom is -0.494 e. The zero-order chi connectivity index (χ0) is 19.9. The molecule has 4 heteroatoms. The van der Waals surface area contributed by atoms with Crippen molar-refractivity contribution in [2.75, 3.05) is 26.2 Å². The zero-order valence-corrected chi connectivity index (χ0v) is 18.0. The molecule has 1 saturated heterocycles. The SMILES string of the molecule is CCOc1ccc(CN(CCCN2CCCCC2C)C(=O)C(C)(C)C)cc1. The molecule has 0 radical (unpaired) electrons. The second-order valence-corrected chi connectivity index (χ2v) is 8.79. The molecule has 0 aromatic heterocycles. The van der Waals surface area contributed by atoms with Gasteiger partial charge in [-0.05, 0) is 57.4 Å². The standard InChI is InChI=1S/C23H38N2O2/c1-6-27-21-13-11-20(12-14-21)18-25(22(26)23(3,4)5)17-9-16-24-15-8-7-10-19(24)2/h11-14,19H,6-10,15-18H2,1-5H3. The van der Waals surface area contributed by atoms with Crippen molar-refractivity contribution in [1.82, 2.24) is 9.80 Å². The maximum atomic E-state index is 13.0. The molecular formula is C23H38N2O2. The molecule has 1 heterocycles. The topological polar surface area (TPSA) is 32.8 Å². The highest BCUT2D eigenvalue weighted by Crippen LogP contribution is 2.22. The summed E-state index contributed by atoms with van der Waals surface area (Å²) in [5, 5.41) is 0. The molecule has 1 unspecified atom stereocenters. The maximum absolute atomic E-state index is 13.0. The first-order valence-electron chi connectivity index (χ1n) is 10.6. The van der Waals surface area contributed by atoms with Crippen molar-refractivity contribution in [2.24, 2.45) is 5.41 Å². The Kier molecular flexibility index (Phi) is 8.15. The quantitative estimate of drug-likeness (QED) is 0.660. The molecule has 1 aromatic carbocycles. The molecule has 1 amide bonds. The Balaban J connectivity index is 1.97. The summed E-state index contributed by atoms with van der Waals surface area (Å²) in [6.07, 6.45) is 4.99. The molecule has 4 nitrogen and oxygen atoms in total. The summed E-state index contributed by atoms with van der Waals surface area (Å²) >= 11 is 0. The molecule has 1 aliphatic heterocycles. The predicted octanol–water partition coefficient (Wildman–Crippen LogP) is 4.72. The Morgan fingerprint density at radius 3 is 2.52 bits per heavy atom. The third-order valence-electron chi connectivity index (χ3n) is 5.35. The monoisotopic (exact) mass is 374 g/mol. The van der Waals surface area contributed by atoms with Crippen LogP contribution in [0.4, 0.5) is 0 Å². The van der Waals surface area contributed by atoms with E-state index in [4.69, 9.17) is 4.74 Å². The second-order valence-electron chi connectivity index (χ2n) is 8.79. The Morgan fingerprint density at radius 2 is 1.93 bits per heavy atom. The van der Waals surface area contributed by atoms with Crippen LogP contribution in [0.15, 0.2) is 24.3 Å². The highest BCUT2D eigenvalue weighted by atomic mass is 16.5. The molecule has 0 saturated carbocycles. The van der Waals surface area contributed by atoms with E-state index in [1.807, 2.05) is 44.7 Å². The average molecular weight is 375 g/mol. The predicted molar refractivity (Wildman–Crippen MR) is 112 cm³/mol. The van der Waals surface area contributed by atoms with E-state index in [2.05, 4.69) is 24.0 Å². The number of hydrogen-bond donors (Lipinski definition) is 0. The van der Waals surface area contributed by atoms with Gasteiger partial charge in [0.05, 0.1) is 6.61 Å². The molecular weight excluding hydrogens is 336 g/mol. The summed E-state index contributed by atoms with van der Waals surface area (Å²) in [5.74, 6) is 1.11.